The monoisotopic (exact) mass is 518 g/mol. The number of methoxy groups -OCH3 is 1. The van der Waals surface area contributed by atoms with Crippen LogP contribution in [0.2, 0.25) is 0 Å². The molecule has 0 fully saturated rings. The first-order chi connectivity index (χ1) is 18.3. The minimum absolute atomic E-state index is 0.0822. The fourth-order valence-corrected chi connectivity index (χ4v) is 4.43. The van der Waals surface area contributed by atoms with E-state index in [1.807, 2.05) is 56.3 Å². The molecule has 0 aliphatic carbocycles. The molecule has 3 heterocycles. The summed E-state index contributed by atoms with van der Waals surface area (Å²) in [4.78, 5) is 38.7. The minimum atomic E-state index is -0.424. The maximum absolute atomic E-state index is 13.7. The lowest BCUT2D eigenvalue weighted by Gasteiger charge is -2.37. The van der Waals surface area contributed by atoms with Crippen molar-refractivity contribution in [1.29, 1.82) is 0 Å². The molecule has 2 aromatic heterocycles. The molecule has 0 radical (unpaired) electrons. The third kappa shape index (κ3) is 6.11. The Bertz CT molecular complexity index is 1250. The first kappa shape index (κ1) is 27.1. The van der Waals surface area contributed by atoms with Crippen LogP contribution in [0.15, 0.2) is 60.9 Å². The van der Waals surface area contributed by atoms with Crippen molar-refractivity contribution >= 4 is 11.8 Å². The molecule has 4 rings (SSSR count). The van der Waals surface area contributed by atoms with Gasteiger partial charge in [0.15, 0.2) is 0 Å². The summed E-state index contributed by atoms with van der Waals surface area (Å²) < 4.78 is 11.6. The van der Waals surface area contributed by atoms with Gasteiger partial charge in [-0.1, -0.05) is 25.1 Å². The molecule has 0 saturated heterocycles. The second-order valence-corrected chi connectivity index (χ2v) is 9.70. The van der Waals surface area contributed by atoms with Gasteiger partial charge < -0.3 is 24.4 Å². The fourth-order valence-electron chi connectivity index (χ4n) is 4.43. The standard InChI is InChI=1S/C29H34N4O5/c1-19-16-33(20(2)18-34)29(36)25-13-22(21-8-10-24(37-4)11-9-21)15-31-28(25)38-26(19)17-32(3)27(35)14-23-7-5-6-12-30-23/h5-13,15,19-20,26,34H,14,16-18H2,1-4H3/t19-,20+,26-/m0/s1. The molecule has 9 heteroatoms. The summed E-state index contributed by atoms with van der Waals surface area (Å²) in [7, 11) is 3.34. The van der Waals surface area contributed by atoms with Crippen LogP contribution in [0.1, 0.15) is 29.9 Å². The van der Waals surface area contributed by atoms with Crippen LogP contribution in [0, 0.1) is 5.92 Å². The minimum Gasteiger partial charge on any atom is -0.497 e. The van der Waals surface area contributed by atoms with Crippen molar-refractivity contribution in [3.63, 3.8) is 0 Å². The van der Waals surface area contributed by atoms with Crippen LogP contribution < -0.4 is 9.47 Å². The molecule has 3 aromatic rings. The first-order valence-corrected chi connectivity index (χ1v) is 12.7. The molecule has 0 spiro atoms. The summed E-state index contributed by atoms with van der Waals surface area (Å²) in [5.74, 6) is 0.475. The van der Waals surface area contributed by atoms with Crippen molar-refractivity contribution in [3.05, 3.63) is 72.2 Å². The van der Waals surface area contributed by atoms with Crippen LogP contribution in [-0.4, -0.2) is 82.7 Å². The van der Waals surface area contributed by atoms with Gasteiger partial charge in [-0.3, -0.25) is 14.6 Å². The number of hydrogen-bond donors (Lipinski definition) is 1. The Balaban J connectivity index is 1.63. The maximum Gasteiger partial charge on any atom is 0.259 e. The average Bonchev–Trinajstić information content (AvgIpc) is 2.94. The highest BCUT2D eigenvalue weighted by Crippen LogP contribution is 2.31. The van der Waals surface area contributed by atoms with E-state index >= 15 is 0 Å². The Kier molecular flexibility index (Phi) is 8.58. The van der Waals surface area contributed by atoms with Crippen LogP contribution in [0.3, 0.4) is 0 Å². The van der Waals surface area contributed by atoms with Gasteiger partial charge in [-0.25, -0.2) is 4.98 Å². The highest BCUT2D eigenvalue weighted by atomic mass is 16.5. The summed E-state index contributed by atoms with van der Waals surface area (Å²) in [5, 5.41) is 9.90. The largest absolute Gasteiger partial charge is 0.497 e. The number of nitrogens with zero attached hydrogens (tertiary/aromatic N) is 4. The quantitative estimate of drug-likeness (QED) is 0.489. The van der Waals surface area contributed by atoms with Gasteiger partial charge in [0.1, 0.15) is 17.4 Å². The molecule has 2 amide bonds. The maximum atomic E-state index is 13.7. The third-order valence-corrected chi connectivity index (χ3v) is 6.88. The lowest BCUT2D eigenvalue weighted by Crippen LogP contribution is -2.50. The summed E-state index contributed by atoms with van der Waals surface area (Å²) in [6, 6.07) is 14.4. The second kappa shape index (κ2) is 12.0. The molecular weight excluding hydrogens is 484 g/mol. The number of likely N-dealkylation sites (N-methyl/N-ethyl adjacent to an activating group) is 1. The zero-order chi connectivity index (χ0) is 27.2. The van der Waals surface area contributed by atoms with Gasteiger partial charge in [0.25, 0.3) is 5.91 Å². The van der Waals surface area contributed by atoms with Gasteiger partial charge in [-0.2, -0.15) is 0 Å². The van der Waals surface area contributed by atoms with Crippen molar-refractivity contribution in [1.82, 2.24) is 19.8 Å². The highest BCUT2D eigenvalue weighted by molar-refractivity contribution is 5.98. The topological polar surface area (TPSA) is 105 Å². The molecule has 1 aromatic carbocycles. The van der Waals surface area contributed by atoms with E-state index in [2.05, 4.69) is 9.97 Å². The summed E-state index contributed by atoms with van der Waals surface area (Å²) in [6.45, 7) is 4.28. The molecule has 9 nitrogen and oxygen atoms in total. The first-order valence-electron chi connectivity index (χ1n) is 12.7. The average molecular weight is 519 g/mol. The van der Waals surface area contributed by atoms with E-state index in [-0.39, 0.29) is 36.6 Å². The van der Waals surface area contributed by atoms with E-state index in [0.717, 1.165) is 16.9 Å². The lowest BCUT2D eigenvalue weighted by atomic mass is 9.99. The van der Waals surface area contributed by atoms with Gasteiger partial charge in [-0.15, -0.1) is 0 Å². The van der Waals surface area contributed by atoms with Gasteiger partial charge >= 0.3 is 0 Å². The molecule has 0 saturated carbocycles. The molecule has 1 aliphatic rings. The molecule has 200 valence electrons. The van der Waals surface area contributed by atoms with Crippen LogP contribution in [0.4, 0.5) is 0 Å². The SMILES string of the molecule is COc1ccc(-c2cnc3c(c2)C(=O)N([C@H](C)CO)C[C@H](C)[C@H](CN(C)C(=O)Cc2ccccn2)O3)cc1. The number of aliphatic hydroxyl groups is 1. The van der Waals surface area contributed by atoms with Gasteiger partial charge in [-0.05, 0) is 42.8 Å². The van der Waals surface area contributed by atoms with Crippen LogP contribution in [0.5, 0.6) is 11.6 Å². The lowest BCUT2D eigenvalue weighted by molar-refractivity contribution is -0.130. The Hall–Kier alpha value is -3.98. The number of aliphatic hydroxyl groups excluding tert-OH is 1. The summed E-state index contributed by atoms with van der Waals surface area (Å²) >= 11 is 0. The number of benzene rings is 1. The number of pyridine rings is 2. The van der Waals surface area contributed by atoms with Crippen molar-refractivity contribution in [2.45, 2.75) is 32.4 Å². The number of carbonyl (C=O) groups excluding carboxylic acids is 2. The summed E-state index contributed by atoms with van der Waals surface area (Å²) in [5.41, 5.74) is 2.65. The van der Waals surface area contributed by atoms with Crippen molar-refractivity contribution in [2.75, 3.05) is 33.9 Å². The second-order valence-electron chi connectivity index (χ2n) is 9.70. The van der Waals surface area contributed by atoms with E-state index in [9.17, 15) is 14.7 Å². The highest BCUT2D eigenvalue weighted by Gasteiger charge is 2.34. The van der Waals surface area contributed by atoms with Gasteiger partial charge in [0.2, 0.25) is 11.8 Å². The number of aromatic nitrogens is 2. The van der Waals surface area contributed by atoms with Crippen molar-refractivity contribution in [2.24, 2.45) is 5.92 Å². The van der Waals surface area contributed by atoms with E-state index in [1.54, 1.807) is 42.4 Å². The Morgan fingerprint density at radius 3 is 2.63 bits per heavy atom. The van der Waals surface area contributed by atoms with E-state index in [0.29, 0.717) is 24.3 Å². The smallest absolute Gasteiger partial charge is 0.259 e. The zero-order valence-electron chi connectivity index (χ0n) is 22.2. The van der Waals surface area contributed by atoms with Gasteiger partial charge in [0, 0.05) is 43.2 Å². The predicted octanol–water partition coefficient (Wildman–Crippen LogP) is 3.07. The van der Waals surface area contributed by atoms with Gasteiger partial charge in [0.05, 0.1) is 32.7 Å². The molecule has 1 aliphatic heterocycles. The van der Waals surface area contributed by atoms with Crippen molar-refractivity contribution in [3.8, 4) is 22.8 Å². The van der Waals surface area contributed by atoms with E-state index in [1.165, 1.54) is 0 Å². The predicted molar refractivity (Wildman–Crippen MR) is 143 cm³/mol. The normalized spacial score (nSPS) is 18.0. The fraction of sp³-hybridized carbons (Fsp3) is 0.379. The third-order valence-electron chi connectivity index (χ3n) is 6.88. The van der Waals surface area contributed by atoms with Crippen LogP contribution in [-0.2, 0) is 11.2 Å². The number of carbonyl (C=O) groups is 2. The number of hydrogen-bond acceptors (Lipinski definition) is 7. The Labute approximate surface area is 223 Å². The van der Waals surface area contributed by atoms with Crippen LogP contribution >= 0.6 is 0 Å². The van der Waals surface area contributed by atoms with E-state index in [4.69, 9.17) is 9.47 Å². The molecule has 0 unspecified atom stereocenters. The zero-order valence-corrected chi connectivity index (χ0v) is 22.2. The molecule has 1 N–H and O–H groups in total. The Morgan fingerprint density at radius 2 is 1.97 bits per heavy atom. The molecule has 0 bridgehead atoms. The number of fused-ring (bicyclic) bond motifs is 1. The van der Waals surface area contributed by atoms with Crippen LogP contribution in [0.25, 0.3) is 11.1 Å². The summed E-state index contributed by atoms with van der Waals surface area (Å²) in [6.07, 6.45) is 3.10. The number of rotatable bonds is 8. The molecule has 38 heavy (non-hydrogen) atoms. The number of amides is 2. The van der Waals surface area contributed by atoms with Crippen molar-refractivity contribution < 1.29 is 24.2 Å². The molecular formula is C29H34N4O5. The number of ether oxygens (including phenoxy) is 2. The Morgan fingerprint density at radius 1 is 1.21 bits per heavy atom. The molecule has 3 atom stereocenters. The van der Waals surface area contributed by atoms with E-state index < -0.39 is 12.1 Å².